The number of thiazole rings is 1. The number of rotatable bonds is 9. The van der Waals surface area contributed by atoms with Crippen LogP contribution in [0.1, 0.15) is 39.7 Å². The first-order valence-corrected chi connectivity index (χ1v) is 15.2. The smallest absolute Gasteiger partial charge is 0.335 e. The van der Waals surface area contributed by atoms with Crippen LogP contribution in [0.4, 0.5) is 4.39 Å². The number of carboxylic acid groups (broad SMARTS) is 1. The van der Waals surface area contributed by atoms with Gasteiger partial charge in [0.15, 0.2) is 5.82 Å². The van der Waals surface area contributed by atoms with E-state index in [9.17, 15) is 14.3 Å². The SMILES string of the molecule is O=C(O)c1ccc2nc(CN3CC=C(c4ccc(F)c(OCc5nc6ccc(Cl)cc6s5)n4)CC3)n(C[C@@H]3CCO3)c2c1. The fourth-order valence-corrected chi connectivity index (χ4v) is 6.55. The maximum absolute atomic E-state index is 14.6. The van der Waals surface area contributed by atoms with Crippen molar-refractivity contribution in [3.05, 3.63) is 87.5 Å². The summed E-state index contributed by atoms with van der Waals surface area (Å²) in [6.45, 7) is 3.52. The van der Waals surface area contributed by atoms with E-state index in [0.717, 1.165) is 58.6 Å². The molecule has 5 heterocycles. The molecule has 0 radical (unpaired) electrons. The van der Waals surface area contributed by atoms with Crippen molar-refractivity contribution >= 4 is 55.7 Å². The zero-order valence-corrected chi connectivity index (χ0v) is 24.6. The van der Waals surface area contributed by atoms with Crippen LogP contribution in [0.5, 0.6) is 5.88 Å². The third-order valence-corrected chi connectivity index (χ3v) is 9.01. The molecule has 1 atom stereocenters. The number of nitrogens with zero attached hydrogens (tertiary/aromatic N) is 5. The van der Waals surface area contributed by atoms with Crippen molar-refractivity contribution in [2.45, 2.75) is 38.6 Å². The van der Waals surface area contributed by atoms with E-state index in [1.54, 1.807) is 30.3 Å². The van der Waals surface area contributed by atoms with E-state index in [0.29, 0.717) is 35.4 Å². The van der Waals surface area contributed by atoms with E-state index < -0.39 is 11.8 Å². The van der Waals surface area contributed by atoms with Crippen molar-refractivity contribution in [1.82, 2.24) is 24.4 Å². The van der Waals surface area contributed by atoms with E-state index in [1.165, 1.54) is 17.4 Å². The molecule has 3 aromatic heterocycles. The molecule has 1 saturated heterocycles. The van der Waals surface area contributed by atoms with Crippen LogP contribution >= 0.6 is 22.9 Å². The first-order valence-electron chi connectivity index (χ1n) is 14.0. The number of carboxylic acids is 1. The molecule has 0 spiro atoms. The molecule has 0 amide bonds. The number of ether oxygens (including phenoxy) is 2. The molecule has 1 N–H and O–H groups in total. The molecular formula is C31H27ClFN5O4S. The summed E-state index contributed by atoms with van der Waals surface area (Å²) in [5.74, 6) is -0.662. The summed E-state index contributed by atoms with van der Waals surface area (Å²) in [5.41, 5.74) is 4.34. The summed E-state index contributed by atoms with van der Waals surface area (Å²) in [6, 6.07) is 13.6. The molecule has 0 bridgehead atoms. The summed E-state index contributed by atoms with van der Waals surface area (Å²) in [7, 11) is 0. The second-order valence-corrected chi connectivity index (χ2v) is 12.2. The first kappa shape index (κ1) is 27.9. The fourth-order valence-electron chi connectivity index (χ4n) is 5.39. The molecule has 12 heteroatoms. The molecule has 43 heavy (non-hydrogen) atoms. The lowest BCUT2D eigenvalue weighted by Crippen LogP contribution is -2.33. The number of benzene rings is 2. The Balaban J connectivity index is 1.05. The predicted molar refractivity (Wildman–Crippen MR) is 162 cm³/mol. The van der Waals surface area contributed by atoms with Gasteiger partial charge in [-0.25, -0.2) is 24.1 Å². The van der Waals surface area contributed by atoms with Crippen molar-refractivity contribution in [2.75, 3.05) is 19.7 Å². The zero-order chi connectivity index (χ0) is 29.5. The summed E-state index contributed by atoms with van der Waals surface area (Å²) >= 11 is 7.53. The Hall–Kier alpha value is -3.90. The van der Waals surface area contributed by atoms with Crippen LogP contribution < -0.4 is 4.74 Å². The number of aromatic carboxylic acids is 1. The summed E-state index contributed by atoms with van der Waals surface area (Å²) < 4.78 is 29.1. The second kappa shape index (κ2) is 11.6. The topological polar surface area (TPSA) is 103 Å². The highest BCUT2D eigenvalue weighted by Gasteiger charge is 2.24. The van der Waals surface area contributed by atoms with Gasteiger partial charge in [-0.2, -0.15) is 0 Å². The molecule has 0 saturated carbocycles. The van der Waals surface area contributed by atoms with Crippen LogP contribution in [-0.4, -0.2) is 61.3 Å². The van der Waals surface area contributed by atoms with E-state index >= 15 is 0 Å². The zero-order valence-electron chi connectivity index (χ0n) is 23.0. The van der Waals surface area contributed by atoms with E-state index in [2.05, 4.69) is 25.5 Å². The number of pyridine rings is 1. The van der Waals surface area contributed by atoms with Gasteiger partial charge in [0.25, 0.3) is 5.88 Å². The lowest BCUT2D eigenvalue weighted by molar-refractivity contribution is -0.0591. The van der Waals surface area contributed by atoms with Gasteiger partial charge in [-0.3, -0.25) is 4.90 Å². The predicted octanol–water partition coefficient (Wildman–Crippen LogP) is 6.19. The lowest BCUT2D eigenvalue weighted by atomic mass is 10.0. The van der Waals surface area contributed by atoms with Crippen LogP contribution in [0.2, 0.25) is 5.02 Å². The van der Waals surface area contributed by atoms with Gasteiger partial charge in [0, 0.05) is 24.7 Å². The number of fused-ring (bicyclic) bond motifs is 2. The molecule has 220 valence electrons. The molecule has 0 aliphatic carbocycles. The Morgan fingerprint density at radius 1 is 1.14 bits per heavy atom. The summed E-state index contributed by atoms with van der Waals surface area (Å²) in [6.07, 6.45) is 3.91. The Morgan fingerprint density at radius 2 is 2.00 bits per heavy atom. The molecule has 9 nitrogen and oxygen atoms in total. The fraction of sp³-hybridized carbons (Fsp3) is 0.290. The van der Waals surface area contributed by atoms with Gasteiger partial charge < -0.3 is 19.1 Å². The maximum atomic E-state index is 14.6. The second-order valence-electron chi connectivity index (χ2n) is 10.6. The largest absolute Gasteiger partial charge is 0.478 e. The normalized spacial score (nSPS) is 17.3. The number of imidazole rings is 1. The van der Waals surface area contributed by atoms with Crippen LogP contribution in [-0.2, 0) is 24.4 Å². The molecule has 2 aromatic carbocycles. The monoisotopic (exact) mass is 619 g/mol. The van der Waals surface area contributed by atoms with E-state index in [-0.39, 0.29) is 24.2 Å². The minimum absolute atomic E-state index is 0.0502. The highest BCUT2D eigenvalue weighted by Crippen LogP contribution is 2.29. The average Bonchev–Trinajstić information content (AvgIpc) is 3.54. The van der Waals surface area contributed by atoms with Gasteiger partial charge in [-0.1, -0.05) is 17.7 Å². The van der Waals surface area contributed by atoms with Crippen molar-refractivity contribution < 1.29 is 23.8 Å². The standard InChI is InChI=1S/C31H27ClFN5O4S/c32-20-2-5-25-27(14-20)43-29(35-25)17-42-30-22(33)3-6-23(36-30)18-7-10-37(11-8-18)16-28-34-24-4-1-19(31(39)40)13-26(24)38(28)15-21-9-12-41-21/h1-7,13-14,21H,8-12,15-17H2,(H,39,40)/t21-/m0/s1. The van der Waals surface area contributed by atoms with Crippen molar-refractivity contribution in [3.63, 3.8) is 0 Å². The van der Waals surface area contributed by atoms with E-state index in [1.807, 2.05) is 12.1 Å². The molecule has 7 rings (SSSR count). The number of hydrogen-bond donors (Lipinski definition) is 1. The minimum atomic E-state index is -0.963. The highest BCUT2D eigenvalue weighted by molar-refractivity contribution is 7.18. The van der Waals surface area contributed by atoms with Crippen molar-refractivity contribution in [2.24, 2.45) is 0 Å². The highest BCUT2D eigenvalue weighted by atomic mass is 35.5. The van der Waals surface area contributed by atoms with Gasteiger partial charge in [0.05, 0.1) is 51.7 Å². The molecule has 0 unspecified atom stereocenters. The number of halogens is 2. The van der Waals surface area contributed by atoms with Gasteiger partial charge in [0.2, 0.25) is 0 Å². The first-order chi connectivity index (χ1) is 20.9. The van der Waals surface area contributed by atoms with Crippen LogP contribution in [0.25, 0.3) is 26.8 Å². The van der Waals surface area contributed by atoms with Crippen LogP contribution in [0.3, 0.4) is 0 Å². The number of carbonyl (C=O) groups is 1. The number of hydrogen-bond acceptors (Lipinski definition) is 8. The Labute approximate surface area is 255 Å². The lowest BCUT2D eigenvalue weighted by Gasteiger charge is -2.29. The van der Waals surface area contributed by atoms with Crippen molar-refractivity contribution in [3.8, 4) is 5.88 Å². The molecular weight excluding hydrogens is 593 g/mol. The number of aromatic nitrogens is 4. The Bertz CT molecular complexity index is 1890. The molecule has 2 aliphatic rings. The Kier molecular flexibility index (Phi) is 7.56. The van der Waals surface area contributed by atoms with Crippen LogP contribution in [0, 0.1) is 5.82 Å². The quantitative estimate of drug-likeness (QED) is 0.208. The molecule has 2 aliphatic heterocycles. The summed E-state index contributed by atoms with van der Waals surface area (Å²) in [5, 5.41) is 10.9. The third kappa shape index (κ3) is 5.85. The van der Waals surface area contributed by atoms with Crippen LogP contribution in [0.15, 0.2) is 54.6 Å². The molecule has 5 aromatic rings. The van der Waals surface area contributed by atoms with E-state index in [4.69, 9.17) is 26.1 Å². The van der Waals surface area contributed by atoms with Gasteiger partial charge in [-0.05, 0) is 66.9 Å². The summed E-state index contributed by atoms with van der Waals surface area (Å²) in [4.78, 5) is 27.8. The Morgan fingerprint density at radius 3 is 2.77 bits per heavy atom. The minimum Gasteiger partial charge on any atom is -0.478 e. The molecule has 1 fully saturated rings. The van der Waals surface area contributed by atoms with Gasteiger partial charge >= 0.3 is 5.97 Å². The van der Waals surface area contributed by atoms with Gasteiger partial charge in [-0.15, -0.1) is 11.3 Å². The third-order valence-electron chi connectivity index (χ3n) is 7.78. The average molecular weight is 620 g/mol. The maximum Gasteiger partial charge on any atom is 0.335 e. The van der Waals surface area contributed by atoms with Gasteiger partial charge in [0.1, 0.15) is 17.4 Å². The van der Waals surface area contributed by atoms with Crippen molar-refractivity contribution in [1.29, 1.82) is 0 Å².